The predicted molar refractivity (Wildman–Crippen MR) is 111 cm³/mol. The van der Waals surface area contributed by atoms with E-state index in [-0.39, 0.29) is 16.8 Å². The van der Waals surface area contributed by atoms with Crippen molar-refractivity contribution >= 4 is 34.8 Å². The molecule has 1 N–H and O–H groups in total. The van der Waals surface area contributed by atoms with Gasteiger partial charge >= 0.3 is 0 Å². The molecule has 3 aromatic rings. The molecule has 5 nitrogen and oxygen atoms in total. The minimum atomic E-state index is -0.702. The number of benzene rings is 2. The van der Waals surface area contributed by atoms with E-state index >= 15 is 0 Å². The highest BCUT2D eigenvalue weighted by atomic mass is 35.5. The lowest BCUT2D eigenvalue weighted by molar-refractivity contribution is -0.122. The number of carbonyl (C=O) groups excluding carboxylic acids is 1. The molecule has 1 aromatic heterocycles. The van der Waals surface area contributed by atoms with Gasteiger partial charge in [0.05, 0.1) is 10.7 Å². The summed E-state index contributed by atoms with van der Waals surface area (Å²) in [5.41, 5.74) is 1.52. The maximum absolute atomic E-state index is 12.6. The molecular weight excluding hydrogens is 399 g/mol. The SMILES string of the molecule is Cc1cccc(OC(C)C(=O)Nc2ccccc2Oc2ncc(Cl)cc2Cl)c1. The molecule has 0 aliphatic rings. The summed E-state index contributed by atoms with van der Waals surface area (Å²) in [5.74, 6) is 0.907. The molecule has 0 saturated carbocycles. The van der Waals surface area contributed by atoms with Crippen molar-refractivity contribution in [3.63, 3.8) is 0 Å². The van der Waals surface area contributed by atoms with Crippen LogP contribution < -0.4 is 14.8 Å². The number of nitrogens with one attached hydrogen (secondary N) is 1. The third-order valence-corrected chi connectivity index (χ3v) is 4.27. The number of pyridine rings is 1. The van der Waals surface area contributed by atoms with Gasteiger partial charge in [0.15, 0.2) is 11.9 Å². The van der Waals surface area contributed by atoms with Gasteiger partial charge in [-0.2, -0.15) is 0 Å². The third-order valence-electron chi connectivity index (χ3n) is 3.80. The molecule has 1 amide bonds. The Kier molecular flexibility index (Phi) is 6.39. The highest BCUT2D eigenvalue weighted by Crippen LogP contribution is 2.33. The zero-order valence-electron chi connectivity index (χ0n) is 15.3. The summed E-state index contributed by atoms with van der Waals surface area (Å²) < 4.78 is 11.5. The molecule has 0 spiro atoms. The van der Waals surface area contributed by atoms with Crippen LogP contribution in [0.15, 0.2) is 60.8 Å². The topological polar surface area (TPSA) is 60.5 Å². The van der Waals surface area contributed by atoms with E-state index in [1.165, 1.54) is 12.3 Å². The molecule has 0 bridgehead atoms. The number of hydrogen-bond acceptors (Lipinski definition) is 4. The first-order chi connectivity index (χ1) is 13.4. The first kappa shape index (κ1) is 20.0. The van der Waals surface area contributed by atoms with E-state index in [4.69, 9.17) is 32.7 Å². The van der Waals surface area contributed by atoms with Crippen molar-refractivity contribution in [2.24, 2.45) is 0 Å². The zero-order valence-corrected chi connectivity index (χ0v) is 16.8. The van der Waals surface area contributed by atoms with Gasteiger partial charge in [-0.15, -0.1) is 0 Å². The van der Waals surface area contributed by atoms with Crippen molar-refractivity contribution in [1.82, 2.24) is 4.98 Å². The molecule has 0 fully saturated rings. The number of aromatic nitrogens is 1. The number of hydrogen-bond donors (Lipinski definition) is 1. The van der Waals surface area contributed by atoms with E-state index in [0.717, 1.165) is 5.56 Å². The van der Waals surface area contributed by atoms with Gasteiger partial charge in [-0.3, -0.25) is 4.79 Å². The van der Waals surface area contributed by atoms with Crippen LogP contribution in [0.2, 0.25) is 10.0 Å². The lowest BCUT2D eigenvalue weighted by Gasteiger charge is -2.17. The van der Waals surface area contributed by atoms with Crippen LogP contribution in [0, 0.1) is 6.92 Å². The van der Waals surface area contributed by atoms with E-state index < -0.39 is 6.10 Å². The number of ether oxygens (including phenoxy) is 2. The van der Waals surface area contributed by atoms with Crippen LogP contribution in [0.25, 0.3) is 0 Å². The van der Waals surface area contributed by atoms with E-state index in [1.54, 1.807) is 31.2 Å². The summed E-state index contributed by atoms with van der Waals surface area (Å²) in [6.07, 6.45) is 0.731. The largest absolute Gasteiger partial charge is 0.481 e. The molecule has 7 heteroatoms. The molecular formula is C21H18Cl2N2O3. The number of rotatable bonds is 6. The van der Waals surface area contributed by atoms with Crippen LogP contribution in [0.5, 0.6) is 17.4 Å². The molecule has 1 heterocycles. The lowest BCUT2D eigenvalue weighted by Crippen LogP contribution is -2.30. The minimum absolute atomic E-state index is 0.192. The van der Waals surface area contributed by atoms with Crippen LogP contribution in [0.4, 0.5) is 5.69 Å². The molecule has 1 unspecified atom stereocenters. The van der Waals surface area contributed by atoms with E-state index in [9.17, 15) is 4.79 Å². The van der Waals surface area contributed by atoms with Crippen molar-refractivity contribution in [1.29, 1.82) is 0 Å². The molecule has 0 aliphatic heterocycles. The standard InChI is InChI=1S/C21H18Cl2N2O3/c1-13-6-5-7-16(10-13)27-14(2)20(26)25-18-8-3-4-9-19(18)28-21-17(23)11-15(22)12-24-21/h3-12,14H,1-2H3,(H,25,26). The average Bonchev–Trinajstić information content (AvgIpc) is 2.65. The summed E-state index contributed by atoms with van der Waals surface area (Å²) in [6.45, 7) is 3.64. The Morgan fingerprint density at radius 1 is 1.11 bits per heavy atom. The summed E-state index contributed by atoms with van der Waals surface area (Å²) in [5, 5.41) is 3.48. The highest BCUT2D eigenvalue weighted by Gasteiger charge is 2.17. The fourth-order valence-corrected chi connectivity index (χ4v) is 2.84. The average molecular weight is 417 g/mol. The third kappa shape index (κ3) is 5.15. The lowest BCUT2D eigenvalue weighted by atomic mass is 10.2. The van der Waals surface area contributed by atoms with Gasteiger partial charge < -0.3 is 14.8 Å². The predicted octanol–water partition coefficient (Wildman–Crippen LogP) is 5.90. The van der Waals surface area contributed by atoms with Gasteiger partial charge in [-0.1, -0.05) is 47.5 Å². The Morgan fingerprint density at radius 2 is 1.89 bits per heavy atom. The molecule has 28 heavy (non-hydrogen) atoms. The van der Waals surface area contributed by atoms with E-state index in [1.807, 2.05) is 31.2 Å². The summed E-state index contributed by atoms with van der Waals surface area (Å²) >= 11 is 12.0. The highest BCUT2D eigenvalue weighted by molar-refractivity contribution is 6.35. The summed E-state index contributed by atoms with van der Waals surface area (Å²) in [6, 6.07) is 16.0. The second kappa shape index (κ2) is 8.95. The quantitative estimate of drug-likeness (QED) is 0.543. The van der Waals surface area contributed by atoms with Crippen molar-refractivity contribution in [2.45, 2.75) is 20.0 Å². The molecule has 0 aliphatic carbocycles. The first-order valence-corrected chi connectivity index (χ1v) is 9.30. The second-order valence-electron chi connectivity index (χ2n) is 6.10. The van der Waals surface area contributed by atoms with Crippen molar-refractivity contribution in [3.05, 3.63) is 76.4 Å². The molecule has 3 rings (SSSR count). The Balaban J connectivity index is 1.72. The van der Waals surface area contributed by atoms with Crippen molar-refractivity contribution in [3.8, 4) is 17.4 Å². The number of nitrogens with zero attached hydrogens (tertiary/aromatic N) is 1. The number of aryl methyl sites for hydroxylation is 1. The Labute approximate surface area is 173 Å². The van der Waals surface area contributed by atoms with Crippen LogP contribution in [-0.4, -0.2) is 17.0 Å². The Hall–Kier alpha value is -2.76. The number of anilines is 1. The molecule has 0 radical (unpaired) electrons. The summed E-state index contributed by atoms with van der Waals surface area (Å²) in [4.78, 5) is 16.6. The zero-order chi connectivity index (χ0) is 20.1. The van der Waals surface area contributed by atoms with Gasteiger partial charge in [0.2, 0.25) is 5.88 Å². The van der Waals surface area contributed by atoms with Gasteiger partial charge in [0.1, 0.15) is 10.8 Å². The van der Waals surface area contributed by atoms with Crippen LogP contribution >= 0.6 is 23.2 Å². The van der Waals surface area contributed by atoms with Gasteiger partial charge in [0.25, 0.3) is 5.91 Å². The van der Waals surface area contributed by atoms with Gasteiger partial charge in [-0.25, -0.2) is 4.98 Å². The molecule has 144 valence electrons. The Bertz CT molecular complexity index is 995. The summed E-state index contributed by atoms with van der Waals surface area (Å²) in [7, 11) is 0. The fraction of sp³-hybridized carbons (Fsp3) is 0.143. The van der Waals surface area contributed by atoms with Crippen LogP contribution in [0.3, 0.4) is 0 Å². The van der Waals surface area contributed by atoms with Crippen LogP contribution in [-0.2, 0) is 4.79 Å². The van der Waals surface area contributed by atoms with Gasteiger partial charge in [0, 0.05) is 6.20 Å². The van der Waals surface area contributed by atoms with Gasteiger partial charge in [-0.05, 0) is 49.7 Å². The maximum atomic E-state index is 12.6. The molecule has 0 saturated heterocycles. The van der Waals surface area contributed by atoms with Crippen molar-refractivity contribution in [2.75, 3.05) is 5.32 Å². The number of carbonyl (C=O) groups is 1. The minimum Gasteiger partial charge on any atom is -0.481 e. The maximum Gasteiger partial charge on any atom is 0.265 e. The van der Waals surface area contributed by atoms with Crippen LogP contribution in [0.1, 0.15) is 12.5 Å². The van der Waals surface area contributed by atoms with E-state index in [2.05, 4.69) is 10.3 Å². The van der Waals surface area contributed by atoms with Crippen molar-refractivity contribution < 1.29 is 14.3 Å². The second-order valence-corrected chi connectivity index (χ2v) is 6.95. The molecule has 1 atom stereocenters. The number of halogens is 2. The Morgan fingerprint density at radius 3 is 2.64 bits per heavy atom. The van der Waals surface area contributed by atoms with E-state index in [0.29, 0.717) is 22.2 Å². The number of amides is 1. The smallest absolute Gasteiger partial charge is 0.265 e. The fourth-order valence-electron chi connectivity index (χ4n) is 2.42. The monoisotopic (exact) mass is 416 g/mol. The molecule has 2 aromatic carbocycles. The number of para-hydroxylation sites is 2. The first-order valence-electron chi connectivity index (χ1n) is 8.54. The normalized spacial score (nSPS) is 11.6.